The van der Waals surface area contributed by atoms with Crippen LogP contribution in [0.4, 0.5) is 22.7 Å². The normalized spacial score (nSPS) is 14.6. The molecule has 0 fully saturated rings. The molecule has 0 bridgehead atoms. The summed E-state index contributed by atoms with van der Waals surface area (Å²) in [7, 11) is 3.29. The van der Waals surface area contributed by atoms with Crippen molar-refractivity contribution in [2.45, 2.75) is 39.5 Å². The minimum Gasteiger partial charge on any atom is -0.456 e. The lowest BCUT2D eigenvalue weighted by molar-refractivity contribution is -0.385. The van der Waals surface area contributed by atoms with Crippen molar-refractivity contribution in [3.63, 3.8) is 0 Å². The Balaban J connectivity index is 1.32. The van der Waals surface area contributed by atoms with Crippen LogP contribution in [0.2, 0.25) is 0 Å². The number of hydrogen-bond donors (Lipinski definition) is 0. The van der Waals surface area contributed by atoms with Crippen LogP contribution < -0.4 is 14.5 Å². The molecule has 1 unspecified atom stereocenters. The van der Waals surface area contributed by atoms with E-state index in [1.807, 2.05) is 36.4 Å². The molecule has 14 nitrogen and oxygen atoms in total. The Morgan fingerprint density at radius 3 is 1.66 bits per heavy atom. The fourth-order valence-electron chi connectivity index (χ4n) is 8.01. The van der Waals surface area contributed by atoms with Gasteiger partial charge in [-0.1, -0.05) is 43.3 Å². The number of rotatable bonds is 25. The number of methoxy groups -OCH3 is 2. The van der Waals surface area contributed by atoms with Crippen LogP contribution in [-0.4, -0.2) is 95.7 Å². The third-order valence-corrected chi connectivity index (χ3v) is 11.7. The minimum atomic E-state index is -0.396. The number of aryl methyl sites for hydroxylation is 1. The van der Waals surface area contributed by atoms with Crippen molar-refractivity contribution in [1.82, 2.24) is 0 Å². The quantitative estimate of drug-likeness (QED) is 0.0237. The predicted molar refractivity (Wildman–Crippen MR) is 249 cm³/mol. The van der Waals surface area contributed by atoms with Crippen LogP contribution in [0.15, 0.2) is 114 Å². The second kappa shape index (κ2) is 23.5. The van der Waals surface area contributed by atoms with Crippen LogP contribution in [0, 0.1) is 26.1 Å². The van der Waals surface area contributed by atoms with Crippen LogP contribution >= 0.6 is 0 Å². The minimum absolute atomic E-state index is 0.0631. The number of anilines is 2. The molecule has 1 aliphatic heterocycles. The Bertz CT molecular complexity index is 2310. The van der Waals surface area contributed by atoms with Crippen molar-refractivity contribution in [3.05, 3.63) is 157 Å². The maximum atomic E-state index is 14.4. The molecule has 0 N–H and O–H groups in total. The summed E-state index contributed by atoms with van der Waals surface area (Å²) in [5.41, 5.74) is 7.92. The molecule has 0 saturated heterocycles. The highest BCUT2D eigenvalue weighted by Crippen LogP contribution is 2.48. The summed E-state index contributed by atoms with van der Waals surface area (Å²) in [6.07, 6.45) is 8.78. The van der Waals surface area contributed by atoms with Gasteiger partial charge in [-0.05, 0) is 85.6 Å². The van der Waals surface area contributed by atoms with Crippen molar-refractivity contribution in [1.29, 1.82) is 0 Å². The van der Waals surface area contributed by atoms with Crippen molar-refractivity contribution in [3.8, 4) is 11.5 Å². The molecule has 0 aromatic heterocycles. The summed E-state index contributed by atoms with van der Waals surface area (Å²) < 4.78 is 28.9. The summed E-state index contributed by atoms with van der Waals surface area (Å²) in [6, 6.07) is 25.5. The van der Waals surface area contributed by atoms with Gasteiger partial charge >= 0.3 is 0 Å². The van der Waals surface area contributed by atoms with Crippen molar-refractivity contribution >= 4 is 34.1 Å². The maximum Gasteiger partial charge on any atom is 0.269 e. The van der Waals surface area contributed by atoms with Gasteiger partial charge in [0.05, 0.1) is 49.5 Å². The molecular formula is C50H58N4O10. The summed E-state index contributed by atoms with van der Waals surface area (Å²) in [6.45, 7) is 9.72. The van der Waals surface area contributed by atoms with E-state index in [1.54, 1.807) is 44.6 Å². The molecule has 14 heteroatoms. The zero-order valence-electron chi connectivity index (χ0n) is 37.2. The van der Waals surface area contributed by atoms with Gasteiger partial charge in [-0.25, -0.2) is 0 Å². The van der Waals surface area contributed by atoms with E-state index in [-0.39, 0.29) is 23.1 Å². The summed E-state index contributed by atoms with van der Waals surface area (Å²) in [4.78, 5) is 40.4. The lowest BCUT2D eigenvalue weighted by atomic mass is 9.82. The number of nitro groups is 2. The van der Waals surface area contributed by atoms with E-state index in [2.05, 4.69) is 35.8 Å². The van der Waals surface area contributed by atoms with E-state index in [9.17, 15) is 25.0 Å². The zero-order valence-corrected chi connectivity index (χ0v) is 37.2. The Labute approximate surface area is 375 Å². The average molecular weight is 875 g/mol. The van der Waals surface area contributed by atoms with Crippen molar-refractivity contribution < 1.29 is 38.3 Å². The predicted octanol–water partition coefficient (Wildman–Crippen LogP) is 9.34. The monoisotopic (exact) mass is 874 g/mol. The van der Waals surface area contributed by atoms with E-state index < -0.39 is 9.85 Å². The van der Waals surface area contributed by atoms with Crippen LogP contribution in [-0.2, 0) is 36.6 Å². The molecule has 4 aromatic rings. The molecule has 0 spiro atoms. The number of allylic oxidation sites excluding steroid dienone is 5. The molecular weight excluding hydrogens is 817 g/mol. The van der Waals surface area contributed by atoms with Gasteiger partial charge in [0.1, 0.15) is 11.5 Å². The maximum absolute atomic E-state index is 14.4. The number of fused-ring (bicyclic) bond motifs is 2. The van der Waals surface area contributed by atoms with Gasteiger partial charge in [-0.2, -0.15) is 0 Å². The number of carbonyl (C=O) groups excluding carboxylic acids is 1. The Hall–Kier alpha value is -6.19. The fourth-order valence-corrected chi connectivity index (χ4v) is 8.01. The van der Waals surface area contributed by atoms with E-state index in [4.69, 9.17) is 23.7 Å². The molecule has 6 rings (SSSR count). The number of benzene rings is 4. The number of likely N-dealkylation sites (N-methyl/N-ethyl adjacent to an activating group) is 1. The van der Waals surface area contributed by atoms with Gasteiger partial charge in [0.25, 0.3) is 11.4 Å². The van der Waals surface area contributed by atoms with Gasteiger partial charge < -0.3 is 33.5 Å². The molecule has 338 valence electrons. The molecule has 0 saturated carbocycles. The van der Waals surface area contributed by atoms with E-state index >= 15 is 0 Å². The number of ether oxygens (including phenoxy) is 5. The Morgan fingerprint density at radius 1 is 0.641 bits per heavy atom. The fraction of sp³-hybridized carbons (Fsp3) is 0.380. The molecule has 1 atom stereocenters. The van der Waals surface area contributed by atoms with Crippen LogP contribution in [0.5, 0.6) is 11.5 Å². The number of carbonyl (C=O) groups is 1. The lowest BCUT2D eigenvalue weighted by Gasteiger charge is -2.30. The smallest absolute Gasteiger partial charge is 0.269 e. The second-order valence-corrected chi connectivity index (χ2v) is 15.6. The first-order valence-corrected chi connectivity index (χ1v) is 21.9. The molecule has 0 radical (unpaired) electrons. The molecule has 1 aliphatic carbocycles. The standard InChI is InChI=1S/C50H58N4O10/c1-5-38(12-7-36-8-14-40(15-9-36)53(56)57)39-13-20-44(47(55)33-39)50-45-21-18-42(51(6-2)24-23-37-10-16-41(17-11-37)54(58)59)34-48(45)64-49-35-43(19-22-46(49)50)52(25-27-62-31-29-60-3)26-28-63-32-30-61-4/h8-11,13-22,33-35,38H,5-7,12,23-32H2,1-4H3/b50-44-. The molecule has 64 heavy (non-hydrogen) atoms. The van der Waals surface area contributed by atoms with Crippen LogP contribution in [0.25, 0.3) is 5.57 Å². The number of ketones is 1. The number of non-ortho nitro benzene ring substituents is 2. The van der Waals surface area contributed by atoms with Gasteiger partial charge in [0, 0.05) is 110 Å². The van der Waals surface area contributed by atoms with E-state index in [1.165, 1.54) is 24.3 Å². The topological polar surface area (TPSA) is 156 Å². The Morgan fingerprint density at radius 2 is 1.17 bits per heavy atom. The summed E-state index contributed by atoms with van der Waals surface area (Å²) >= 11 is 0. The molecule has 2 aliphatic rings. The highest BCUT2D eigenvalue weighted by atomic mass is 16.6. The second-order valence-electron chi connectivity index (χ2n) is 15.6. The van der Waals surface area contributed by atoms with E-state index in [0.717, 1.165) is 64.0 Å². The van der Waals surface area contributed by atoms with Crippen molar-refractivity contribution in [2.24, 2.45) is 5.92 Å². The van der Waals surface area contributed by atoms with Gasteiger partial charge in [-0.15, -0.1) is 0 Å². The SMILES string of the molecule is CCC(CCc1ccc([N+](=O)[O-])cc1)C1=CC(=O)/C(=C2/c3ccc(N(CC)CCc4ccc([N+](=O)[O-])cc4)cc3Oc3cc(N(CCOCCOC)CCOCCOC)ccc32)C=C1. The number of nitro benzene ring substituents is 2. The highest BCUT2D eigenvalue weighted by Gasteiger charge is 2.30. The molecule has 4 aromatic carbocycles. The first-order valence-electron chi connectivity index (χ1n) is 21.9. The van der Waals surface area contributed by atoms with Crippen molar-refractivity contribution in [2.75, 3.05) is 89.8 Å². The summed E-state index contributed by atoms with van der Waals surface area (Å²) in [5, 5.41) is 22.4. The van der Waals surface area contributed by atoms with Crippen LogP contribution in [0.3, 0.4) is 0 Å². The van der Waals surface area contributed by atoms with E-state index in [0.29, 0.717) is 89.3 Å². The average Bonchev–Trinajstić information content (AvgIpc) is 3.30. The van der Waals surface area contributed by atoms with Gasteiger partial charge in [-0.3, -0.25) is 25.0 Å². The first kappa shape index (κ1) is 47.3. The largest absolute Gasteiger partial charge is 0.456 e. The Kier molecular flexibility index (Phi) is 17.4. The number of hydrogen-bond acceptors (Lipinski definition) is 12. The molecule has 0 amide bonds. The lowest BCUT2D eigenvalue weighted by Crippen LogP contribution is -2.31. The van der Waals surface area contributed by atoms with Gasteiger partial charge in [0.2, 0.25) is 0 Å². The highest BCUT2D eigenvalue weighted by molar-refractivity contribution is 6.16. The zero-order chi connectivity index (χ0) is 45.4. The summed E-state index contributed by atoms with van der Waals surface area (Å²) in [5.74, 6) is 1.28. The first-order chi connectivity index (χ1) is 31.1. The van der Waals surface area contributed by atoms with Gasteiger partial charge in [0.15, 0.2) is 5.78 Å². The third-order valence-electron chi connectivity index (χ3n) is 11.7. The third kappa shape index (κ3) is 12.3. The van der Waals surface area contributed by atoms with Crippen LogP contribution in [0.1, 0.15) is 48.9 Å². The molecule has 1 heterocycles. The number of nitrogens with zero attached hydrogens (tertiary/aromatic N) is 4.